The number of nitrogens with two attached hydrogens (primary N) is 1. The van der Waals surface area contributed by atoms with Gasteiger partial charge in [-0.2, -0.15) is 0 Å². The van der Waals surface area contributed by atoms with Crippen LogP contribution in [0, 0.1) is 5.92 Å². The first-order chi connectivity index (χ1) is 18.0. The number of hydrogen-bond acceptors (Lipinski definition) is 6. The third kappa shape index (κ3) is 9.83. The van der Waals surface area contributed by atoms with E-state index in [1.165, 1.54) is 13.8 Å². The molecular weight excluding hydrogens is 492 g/mol. The van der Waals surface area contributed by atoms with Crippen LogP contribution in [0.4, 0.5) is 4.79 Å². The molecule has 2 aromatic rings. The van der Waals surface area contributed by atoms with Gasteiger partial charge in [0.15, 0.2) is 0 Å². The van der Waals surface area contributed by atoms with E-state index >= 15 is 0 Å². The normalized spacial score (nSPS) is 15.7. The fourth-order valence-electron chi connectivity index (χ4n) is 4.05. The van der Waals surface area contributed by atoms with Gasteiger partial charge in [0.25, 0.3) is 0 Å². The van der Waals surface area contributed by atoms with Crippen molar-refractivity contribution in [3.63, 3.8) is 0 Å². The van der Waals surface area contributed by atoms with Crippen molar-refractivity contribution in [2.75, 3.05) is 0 Å². The smallest absolute Gasteiger partial charge is 0.404 e. The van der Waals surface area contributed by atoms with Crippen LogP contribution in [0.1, 0.15) is 31.4 Å². The van der Waals surface area contributed by atoms with Gasteiger partial charge < -0.3 is 37.0 Å². The molecule has 11 nitrogen and oxygen atoms in total. The topological polar surface area (TPSA) is 191 Å². The molecule has 6 atom stereocenters. The number of benzene rings is 2. The van der Waals surface area contributed by atoms with Crippen molar-refractivity contribution >= 4 is 23.8 Å². The van der Waals surface area contributed by atoms with Crippen LogP contribution < -0.4 is 21.7 Å². The van der Waals surface area contributed by atoms with Crippen molar-refractivity contribution in [1.29, 1.82) is 0 Å². The second-order valence-electron chi connectivity index (χ2n) is 9.29. The zero-order valence-corrected chi connectivity index (χ0v) is 21.4. The Kier molecular flexibility index (Phi) is 11.7. The molecular formula is C27H36N4O7. The predicted molar refractivity (Wildman–Crippen MR) is 140 cm³/mol. The predicted octanol–water partition coefficient (Wildman–Crippen LogP) is 0.331. The zero-order valence-electron chi connectivity index (χ0n) is 21.4. The summed E-state index contributed by atoms with van der Waals surface area (Å²) in [6.07, 6.45) is -3.42. The van der Waals surface area contributed by atoms with Gasteiger partial charge in [-0.3, -0.25) is 14.4 Å². The van der Waals surface area contributed by atoms with Gasteiger partial charge in [0.2, 0.25) is 17.7 Å². The van der Waals surface area contributed by atoms with E-state index in [9.17, 15) is 34.5 Å². The molecule has 0 spiro atoms. The second-order valence-corrected chi connectivity index (χ2v) is 9.29. The first-order valence-corrected chi connectivity index (χ1v) is 12.3. The standard InChI is InChI=1S/C27H36N4O7/c1-16(25(35)31-23(17(2)32)24(28)34)29-26(36)20(13-18-9-5-3-6-10-18)15-22(33)21(30-27(37)38)14-19-11-7-4-8-12-19/h3-12,16-17,20-23,30,32-33H,13-15H2,1-2H3,(H2,28,34)(H,29,36)(H,31,35)(H,37,38)/t16-,17+,20+,21-,22+,23-/m0/s1. The van der Waals surface area contributed by atoms with Gasteiger partial charge in [-0.1, -0.05) is 60.7 Å². The van der Waals surface area contributed by atoms with E-state index in [0.29, 0.717) is 0 Å². The summed E-state index contributed by atoms with van der Waals surface area (Å²) in [5.41, 5.74) is 6.84. The van der Waals surface area contributed by atoms with Gasteiger partial charge in [0.05, 0.1) is 18.2 Å². The maximum Gasteiger partial charge on any atom is 0.404 e. The highest BCUT2D eigenvalue weighted by Crippen LogP contribution is 2.19. The lowest BCUT2D eigenvalue weighted by molar-refractivity contribution is -0.133. The molecule has 0 radical (unpaired) electrons. The summed E-state index contributed by atoms with van der Waals surface area (Å²) in [6, 6.07) is 14.8. The molecule has 0 saturated heterocycles. The van der Waals surface area contributed by atoms with Gasteiger partial charge >= 0.3 is 6.09 Å². The highest BCUT2D eigenvalue weighted by atomic mass is 16.4. The van der Waals surface area contributed by atoms with E-state index in [0.717, 1.165) is 11.1 Å². The van der Waals surface area contributed by atoms with Gasteiger partial charge in [0, 0.05) is 5.92 Å². The molecule has 2 aromatic carbocycles. The van der Waals surface area contributed by atoms with Crippen LogP contribution in [0.25, 0.3) is 0 Å². The molecule has 0 unspecified atom stereocenters. The number of rotatable bonds is 14. The zero-order chi connectivity index (χ0) is 28.2. The highest BCUT2D eigenvalue weighted by molar-refractivity contribution is 5.92. The highest BCUT2D eigenvalue weighted by Gasteiger charge is 2.31. The molecule has 0 aliphatic rings. The number of nitrogens with one attached hydrogen (secondary N) is 3. The minimum Gasteiger partial charge on any atom is -0.465 e. The maximum absolute atomic E-state index is 13.3. The van der Waals surface area contributed by atoms with Crippen LogP contribution in [-0.4, -0.2) is 69.5 Å². The summed E-state index contributed by atoms with van der Waals surface area (Å²) in [7, 11) is 0. The Hall–Kier alpha value is -3.96. The summed E-state index contributed by atoms with van der Waals surface area (Å²) in [6.45, 7) is 2.71. The second kappa shape index (κ2) is 14.7. The molecule has 206 valence electrons. The van der Waals surface area contributed by atoms with E-state index in [2.05, 4.69) is 16.0 Å². The van der Waals surface area contributed by atoms with E-state index < -0.39 is 60.1 Å². The largest absolute Gasteiger partial charge is 0.465 e. The van der Waals surface area contributed by atoms with Crippen LogP contribution in [0.15, 0.2) is 60.7 Å². The molecule has 11 heteroatoms. The first-order valence-electron chi connectivity index (χ1n) is 12.3. The maximum atomic E-state index is 13.3. The monoisotopic (exact) mass is 528 g/mol. The molecule has 0 heterocycles. The van der Waals surface area contributed by atoms with E-state index in [1.807, 2.05) is 36.4 Å². The Labute approximate surface area is 221 Å². The molecule has 0 aliphatic carbocycles. The quantitative estimate of drug-likeness (QED) is 0.184. The van der Waals surface area contributed by atoms with Crippen molar-refractivity contribution in [1.82, 2.24) is 16.0 Å². The molecule has 0 aromatic heterocycles. The third-order valence-electron chi connectivity index (χ3n) is 6.13. The Morgan fingerprint density at radius 1 is 0.789 bits per heavy atom. The van der Waals surface area contributed by atoms with Gasteiger partial charge in [-0.25, -0.2) is 4.79 Å². The lowest BCUT2D eigenvalue weighted by Gasteiger charge is -2.28. The summed E-state index contributed by atoms with van der Waals surface area (Å²) in [4.78, 5) is 48.8. The molecule has 8 N–H and O–H groups in total. The van der Waals surface area contributed by atoms with E-state index in [1.54, 1.807) is 24.3 Å². The van der Waals surface area contributed by atoms with Crippen molar-refractivity contribution in [2.24, 2.45) is 11.7 Å². The number of hydrogen-bond donors (Lipinski definition) is 7. The molecule has 0 bridgehead atoms. The van der Waals surface area contributed by atoms with Crippen LogP contribution in [0.5, 0.6) is 0 Å². The fourth-order valence-corrected chi connectivity index (χ4v) is 4.05. The van der Waals surface area contributed by atoms with Crippen LogP contribution >= 0.6 is 0 Å². The third-order valence-corrected chi connectivity index (χ3v) is 6.13. The van der Waals surface area contributed by atoms with Crippen LogP contribution in [-0.2, 0) is 27.2 Å². The Bertz CT molecular complexity index is 1070. The van der Waals surface area contributed by atoms with Gasteiger partial charge in [-0.15, -0.1) is 0 Å². The Balaban J connectivity index is 2.19. The Morgan fingerprint density at radius 2 is 1.32 bits per heavy atom. The number of aliphatic hydroxyl groups excluding tert-OH is 2. The molecule has 0 aliphatic heterocycles. The van der Waals surface area contributed by atoms with Gasteiger partial charge in [-0.05, 0) is 44.2 Å². The summed E-state index contributed by atoms with van der Waals surface area (Å²) < 4.78 is 0. The summed E-state index contributed by atoms with van der Waals surface area (Å²) in [5, 5.41) is 37.3. The number of carboxylic acid groups (broad SMARTS) is 1. The average Bonchev–Trinajstić information content (AvgIpc) is 2.86. The summed E-state index contributed by atoms with van der Waals surface area (Å²) >= 11 is 0. The van der Waals surface area contributed by atoms with Crippen LogP contribution in [0.2, 0.25) is 0 Å². The average molecular weight is 529 g/mol. The van der Waals surface area contributed by atoms with E-state index in [4.69, 9.17) is 5.73 Å². The van der Waals surface area contributed by atoms with Crippen molar-refractivity contribution in [3.8, 4) is 0 Å². The first kappa shape index (κ1) is 30.3. The van der Waals surface area contributed by atoms with Crippen molar-refractivity contribution < 1.29 is 34.5 Å². The van der Waals surface area contributed by atoms with Crippen molar-refractivity contribution in [3.05, 3.63) is 71.8 Å². The van der Waals surface area contributed by atoms with Crippen molar-refractivity contribution in [2.45, 2.75) is 63.4 Å². The lowest BCUT2D eigenvalue weighted by atomic mass is 9.88. The van der Waals surface area contributed by atoms with E-state index in [-0.39, 0.29) is 19.3 Å². The molecule has 2 rings (SSSR count). The lowest BCUT2D eigenvalue weighted by Crippen LogP contribution is -2.56. The number of aliphatic hydroxyl groups is 2. The number of primary amides is 1. The van der Waals surface area contributed by atoms with Crippen LogP contribution in [0.3, 0.4) is 0 Å². The minimum atomic E-state index is -1.33. The summed E-state index contributed by atoms with van der Waals surface area (Å²) in [5.74, 6) is -3.01. The number of carbonyl (C=O) groups is 4. The van der Waals surface area contributed by atoms with Gasteiger partial charge in [0.1, 0.15) is 12.1 Å². The number of carbonyl (C=O) groups excluding carboxylic acids is 3. The number of amides is 4. The molecule has 0 fully saturated rings. The fraction of sp³-hybridized carbons (Fsp3) is 0.407. The molecule has 38 heavy (non-hydrogen) atoms. The minimum absolute atomic E-state index is 0.0928. The Morgan fingerprint density at radius 3 is 1.79 bits per heavy atom. The molecule has 4 amide bonds. The molecule has 0 saturated carbocycles. The SMILES string of the molecule is C[C@H](NC(=O)[C@H](Cc1ccccc1)C[C@@H](O)[C@H](Cc1ccccc1)NC(=O)O)C(=O)N[C@H](C(N)=O)[C@@H](C)O.